The van der Waals surface area contributed by atoms with Crippen LogP contribution in [0.2, 0.25) is 0 Å². The molecule has 0 bridgehead atoms. The maximum Gasteiger partial charge on any atom is 0.127 e. The maximum atomic E-state index is 6.32. The zero-order valence-corrected chi connectivity index (χ0v) is 16.2. The van der Waals surface area contributed by atoms with E-state index in [1.54, 1.807) is 0 Å². The predicted octanol–water partition coefficient (Wildman–Crippen LogP) is 5.62. The topological polar surface area (TPSA) is 18.5 Å². The van der Waals surface area contributed by atoms with Crippen LogP contribution >= 0.6 is 10.0 Å². The fraction of sp³-hybridized carbons (Fsp3) is 0.545. The summed E-state index contributed by atoms with van der Waals surface area (Å²) in [5.74, 6) is 4.17. The van der Waals surface area contributed by atoms with Crippen molar-refractivity contribution in [2.24, 2.45) is 5.92 Å². The number of hydrogen-bond donors (Lipinski definition) is 0. The van der Waals surface area contributed by atoms with Gasteiger partial charge in [0, 0.05) is 16.9 Å². The molecule has 0 N–H and O–H groups in total. The molecule has 0 unspecified atom stereocenters. The molecule has 4 rings (SSSR count). The SMILES string of the molecule is CS1(c2ccc(OCC3CCCCC3)c3ccccc23)CCOCC1. The van der Waals surface area contributed by atoms with E-state index in [0.717, 1.165) is 31.5 Å². The highest BCUT2D eigenvalue weighted by molar-refractivity contribution is 8.33. The molecule has 0 spiro atoms. The lowest BCUT2D eigenvalue weighted by Crippen LogP contribution is -2.23. The van der Waals surface area contributed by atoms with Gasteiger partial charge in [-0.25, -0.2) is 10.0 Å². The van der Waals surface area contributed by atoms with Crippen molar-refractivity contribution in [3.8, 4) is 5.75 Å². The summed E-state index contributed by atoms with van der Waals surface area (Å²) in [4.78, 5) is 1.54. The molecular formula is C22H30O2S. The van der Waals surface area contributed by atoms with E-state index in [1.807, 2.05) is 0 Å². The van der Waals surface area contributed by atoms with Crippen molar-refractivity contribution < 1.29 is 9.47 Å². The van der Waals surface area contributed by atoms with Gasteiger partial charge in [-0.05, 0) is 47.4 Å². The van der Waals surface area contributed by atoms with E-state index in [-0.39, 0.29) is 0 Å². The van der Waals surface area contributed by atoms with E-state index in [1.165, 1.54) is 59.3 Å². The second-order valence-corrected chi connectivity index (χ2v) is 11.5. The van der Waals surface area contributed by atoms with Crippen LogP contribution in [-0.2, 0) is 4.74 Å². The molecule has 0 radical (unpaired) electrons. The van der Waals surface area contributed by atoms with Gasteiger partial charge < -0.3 is 9.47 Å². The molecule has 2 nitrogen and oxygen atoms in total. The Morgan fingerprint density at radius 2 is 1.68 bits per heavy atom. The Bertz CT molecular complexity index is 715. The minimum Gasteiger partial charge on any atom is -0.493 e. The van der Waals surface area contributed by atoms with E-state index in [2.05, 4.69) is 42.7 Å². The third kappa shape index (κ3) is 3.68. The number of benzene rings is 2. The monoisotopic (exact) mass is 358 g/mol. The highest BCUT2D eigenvalue weighted by atomic mass is 32.3. The van der Waals surface area contributed by atoms with Gasteiger partial charge in [0.15, 0.2) is 0 Å². The van der Waals surface area contributed by atoms with Gasteiger partial charge in [-0.2, -0.15) is 0 Å². The Labute approximate surface area is 153 Å². The normalized spacial score (nSPS) is 22.6. The van der Waals surface area contributed by atoms with E-state index < -0.39 is 10.0 Å². The third-order valence-electron chi connectivity index (χ3n) is 5.93. The van der Waals surface area contributed by atoms with Crippen molar-refractivity contribution in [1.29, 1.82) is 0 Å². The Balaban J connectivity index is 1.62. The summed E-state index contributed by atoms with van der Waals surface area (Å²) in [7, 11) is -0.778. The predicted molar refractivity (Wildman–Crippen MR) is 108 cm³/mol. The molecule has 1 saturated heterocycles. The first kappa shape index (κ1) is 17.2. The van der Waals surface area contributed by atoms with Gasteiger partial charge in [-0.3, -0.25) is 0 Å². The Morgan fingerprint density at radius 1 is 0.960 bits per heavy atom. The molecule has 136 valence electrons. The average molecular weight is 359 g/mol. The summed E-state index contributed by atoms with van der Waals surface area (Å²) in [6.45, 7) is 2.68. The molecule has 2 aromatic carbocycles. The molecule has 1 aliphatic heterocycles. The molecular weight excluding hydrogens is 328 g/mol. The highest BCUT2D eigenvalue weighted by Gasteiger charge is 2.26. The molecule has 2 aliphatic rings. The zero-order valence-electron chi connectivity index (χ0n) is 15.3. The summed E-state index contributed by atoms with van der Waals surface area (Å²) in [5, 5.41) is 2.68. The van der Waals surface area contributed by atoms with Crippen molar-refractivity contribution in [2.75, 3.05) is 37.6 Å². The number of ether oxygens (including phenoxy) is 2. The molecule has 1 aliphatic carbocycles. The van der Waals surface area contributed by atoms with Crippen molar-refractivity contribution in [1.82, 2.24) is 0 Å². The summed E-state index contributed by atoms with van der Waals surface area (Å²) in [5.41, 5.74) is 0. The van der Waals surface area contributed by atoms with Crippen molar-refractivity contribution in [3.05, 3.63) is 36.4 Å². The van der Waals surface area contributed by atoms with Crippen LogP contribution in [0.25, 0.3) is 10.8 Å². The molecule has 1 heterocycles. The van der Waals surface area contributed by atoms with Crippen LogP contribution in [0.4, 0.5) is 0 Å². The molecule has 2 aromatic rings. The molecule has 0 amide bonds. The van der Waals surface area contributed by atoms with Crippen molar-refractivity contribution in [2.45, 2.75) is 37.0 Å². The van der Waals surface area contributed by atoms with Gasteiger partial charge >= 0.3 is 0 Å². The number of fused-ring (bicyclic) bond motifs is 1. The number of rotatable bonds is 4. The summed E-state index contributed by atoms with van der Waals surface area (Å²) in [6, 6.07) is 13.4. The quantitative estimate of drug-likeness (QED) is 0.706. The summed E-state index contributed by atoms with van der Waals surface area (Å²) in [6.07, 6.45) is 9.28. The largest absolute Gasteiger partial charge is 0.493 e. The second kappa shape index (κ2) is 7.59. The van der Waals surface area contributed by atoms with E-state index >= 15 is 0 Å². The van der Waals surface area contributed by atoms with Gasteiger partial charge in [0.2, 0.25) is 0 Å². The fourth-order valence-electron chi connectivity index (χ4n) is 4.27. The standard InChI is InChI=1S/C22H30O2S/c1-25(15-13-23-14-16-25)22-12-11-21(19-9-5-6-10-20(19)22)24-17-18-7-3-2-4-8-18/h5-6,9-12,18H,2-4,7-8,13-17H2,1H3. The minimum absolute atomic E-state index is 0.742. The van der Waals surface area contributed by atoms with Crippen LogP contribution in [0.5, 0.6) is 5.75 Å². The van der Waals surface area contributed by atoms with Gasteiger partial charge in [0.05, 0.1) is 19.8 Å². The Morgan fingerprint density at radius 3 is 2.44 bits per heavy atom. The van der Waals surface area contributed by atoms with Crippen LogP contribution in [0, 0.1) is 5.92 Å². The van der Waals surface area contributed by atoms with Gasteiger partial charge in [-0.1, -0.05) is 43.5 Å². The van der Waals surface area contributed by atoms with Crippen LogP contribution in [0.1, 0.15) is 32.1 Å². The lowest BCUT2D eigenvalue weighted by Gasteiger charge is -2.40. The highest BCUT2D eigenvalue weighted by Crippen LogP contribution is 2.56. The maximum absolute atomic E-state index is 6.32. The number of hydrogen-bond acceptors (Lipinski definition) is 2. The smallest absolute Gasteiger partial charge is 0.127 e. The first-order valence-corrected chi connectivity index (χ1v) is 12.1. The third-order valence-corrected chi connectivity index (χ3v) is 9.48. The minimum atomic E-state index is -0.778. The summed E-state index contributed by atoms with van der Waals surface area (Å²) < 4.78 is 11.9. The van der Waals surface area contributed by atoms with Crippen LogP contribution in [-0.4, -0.2) is 37.6 Å². The van der Waals surface area contributed by atoms with E-state index in [9.17, 15) is 0 Å². The lowest BCUT2D eigenvalue weighted by molar-refractivity contribution is 0.159. The Kier molecular flexibility index (Phi) is 5.23. The first-order valence-electron chi connectivity index (χ1n) is 9.72. The fourth-order valence-corrected chi connectivity index (χ4v) is 6.99. The molecule has 0 atom stereocenters. The van der Waals surface area contributed by atoms with Gasteiger partial charge in [0.1, 0.15) is 5.75 Å². The summed E-state index contributed by atoms with van der Waals surface area (Å²) >= 11 is 0. The van der Waals surface area contributed by atoms with Crippen molar-refractivity contribution >= 4 is 20.8 Å². The van der Waals surface area contributed by atoms with Gasteiger partial charge in [-0.15, -0.1) is 0 Å². The molecule has 1 saturated carbocycles. The van der Waals surface area contributed by atoms with Gasteiger partial charge in [0.25, 0.3) is 0 Å². The second-order valence-electron chi connectivity index (χ2n) is 7.72. The zero-order chi connectivity index (χ0) is 17.1. The van der Waals surface area contributed by atoms with Crippen molar-refractivity contribution in [3.63, 3.8) is 0 Å². The van der Waals surface area contributed by atoms with E-state index in [4.69, 9.17) is 9.47 Å². The Hall–Kier alpha value is -1.19. The first-order chi connectivity index (χ1) is 12.3. The molecule has 0 aromatic heterocycles. The average Bonchev–Trinajstić information content (AvgIpc) is 2.67. The van der Waals surface area contributed by atoms with Crippen LogP contribution in [0.3, 0.4) is 0 Å². The van der Waals surface area contributed by atoms with Crippen LogP contribution < -0.4 is 4.74 Å². The molecule has 25 heavy (non-hydrogen) atoms. The van der Waals surface area contributed by atoms with Crippen LogP contribution in [0.15, 0.2) is 41.3 Å². The van der Waals surface area contributed by atoms with E-state index in [0.29, 0.717) is 0 Å². The molecule has 2 fully saturated rings. The lowest BCUT2D eigenvalue weighted by atomic mass is 9.90. The molecule has 3 heteroatoms.